The molecule has 0 aromatic heterocycles. The van der Waals surface area contributed by atoms with Crippen molar-refractivity contribution >= 4 is 10.1 Å². The zero-order valence-corrected chi connectivity index (χ0v) is 24.1. The fourth-order valence-electron chi connectivity index (χ4n) is 4.49. The summed E-state index contributed by atoms with van der Waals surface area (Å²) in [5.41, 5.74) is 0. The highest BCUT2D eigenvalue weighted by atomic mass is 32.2. The molecule has 5 nitrogen and oxygen atoms in total. The molecule has 36 heavy (non-hydrogen) atoms. The van der Waals surface area contributed by atoms with E-state index < -0.39 is 10.1 Å². The molecule has 1 N–H and O–H groups in total. The molecule has 0 aliphatic heterocycles. The van der Waals surface area contributed by atoms with Gasteiger partial charge in [-0.05, 0) is 25.0 Å². The predicted molar refractivity (Wildman–Crippen MR) is 151 cm³/mol. The third-order valence-electron chi connectivity index (χ3n) is 6.72. The maximum atomic E-state index is 11.9. The van der Waals surface area contributed by atoms with Gasteiger partial charge in [-0.2, -0.15) is 8.42 Å². The summed E-state index contributed by atoms with van der Waals surface area (Å²) in [6.45, 7) is 5.41. The summed E-state index contributed by atoms with van der Waals surface area (Å²) < 4.78 is 45.2. The van der Waals surface area contributed by atoms with Crippen molar-refractivity contribution in [3.05, 3.63) is 18.2 Å². The summed E-state index contributed by atoms with van der Waals surface area (Å²) in [7, 11) is -4.38. The van der Waals surface area contributed by atoms with E-state index in [2.05, 4.69) is 13.8 Å². The molecule has 6 heteroatoms. The van der Waals surface area contributed by atoms with Gasteiger partial charge < -0.3 is 9.47 Å². The van der Waals surface area contributed by atoms with Gasteiger partial charge in [-0.25, -0.2) is 0 Å². The van der Waals surface area contributed by atoms with Crippen LogP contribution in [-0.2, 0) is 10.1 Å². The molecule has 0 heterocycles. The van der Waals surface area contributed by atoms with Gasteiger partial charge in [-0.15, -0.1) is 0 Å². The summed E-state index contributed by atoms with van der Waals surface area (Å²) in [4.78, 5) is -0.213. The van der Waals surface area contributed by atoms with E-state index in [1.165, 1.54) is 109 Å². The second-order valence-corrected chi connectivity index (χ2v) is 11.5. The lowest BCUT2D eigenvalue weighted by Crippen LogP contribution is -2.08. The van der Waals surface area contributed by atoms with Crippen LogP contribution in [0.15, 0.2) is 23.1 Å². The number of ether oxygens (including phenoxy) is 2. The highest BCUT2D eigenvalue weighted by Gasteiger charge is 2.21. The standard InChI is InChI=1S/C30H54O5S/c1-3-5-7-9-11-13-15-17-19-21-26-34-28-24-23-25-29(36(31,32)33)30(28)35-27-22-20-18-16-14-12-10-8-6-4-2/h23-25H,3-22,26-27H2,1-2H3,(H,31,32,33). The minimum atomic E-state index is -4.38. The van der Waals surface area contributed by atoms with Crippen LogP contribution in [0.2, 0.25) is 0 Å². The summed E-state index contributed by atoms with van der Waals surface area (Å²) >= 11 is 0. The van der Waals surface area contributed by atoms with Crippen molar-refractivity contribution in [1.82, 2.24) is 0 Å². The SMILES string of the molecule is CCCCCCCCCCCCOc1cccc(S(=O)(=O)O)c1OCCCCCCCCCCCC. The lowest BCUT2D eigenvalue weighted by atomic mass is 10.1. The van der Waals surface area contributed by atoms with Crippen LogP contribution in [0.25, 0.3) is 0 Å². The van der Waals surface area contributed by atoms with E-state index in [-0.39, 0.29) is 10.6 Å². The Hall–Kier alpha value is -1.27. The van der Waals surface area contributed by atoms with Crippen molar-refractivity contribution < 1.29 is 22.4 Å². The van der Waals surface area contributed by atoms with Crippen molar-refractivity contribution in [2.45, 2.75) is 147 Å². The fraction of sp³-hybridized carbons (Fsp3) is 0.800. The van der Waals surface area contributed by atoms with Gasteiger partial charge in [0.2, 0.25) is 0 Å². The van der Waals surface area contributed by atoms with Crippen molar-refractivity contribution in [1.29, 1.82) is 0 Å². The minimum Gasteiger partial charge on any atom is -0.490 e. The summed E-state index contributed by atoms with van der Waals surface area (Å²) in [5.74, 6) is 0.538. The van der Waals surface area contributed by atoms with Gasteiger partial charge >= 0.3 is 0 Å². The quantitative estimate of drug-likeness (QED) is 0.101. The number of rotatable bonds is 25. The molecule has 210 valence electrons. The minimum absolute atomic E-state index is 0.142. The smallest absolute Gasteiger partial charge is 0.298 e. The van der Waals surface area contributed by atoms with Crippen LogP contribution in [0.4, 0.5) is 0 Å². The monoisotopic (exact) mass is 526 g/mol. The summed E-state index contributed by atoms with van der Waals surface area (Å²) in [5, 5.41) is 0. The first-order valence-electron chi connectivity index (χ1n) is 14.9. The maximum Gasteiger partial charge on any atom is 0.298 e. The van der Waals surface area contributed by atoms with Crippen molar-refractivity contribution in [3.8, 4) is 11.5 Å². The molecule has 0 spiro atoms. The third-order valence-corrected chi connectivity index (χ3v) is 7.60. The van der Waals surface area contributed by atoms with Crippen molar-refractivity contribution in [2.75, 3.05) is 13.2 Å². The average Bonchev–Trinajstić information content (AvgIpc) is 2.85. The topological polar surface area (TPSA) is 72.8 Å². The highest BCUT2D eigenvalue weighted by Crippen LogP contribution is 2.34. The number of hydrogen-bond acceptors (Lipinski definition) is 4. The molecule has 1 aromatic carbocycles. The molecule has 0 amide bonds. The van der Waals surface area contributed by atoms with Crippen LogP contribution in [-0.4, -0.2) is 26.2 Å². The first-order valence-corrected chi connectivity index (χ1v) is 16.3. The van der Waals surface area contributed by atoms with E-state index in [0.29, 0.717) is 19.0 Å². The van der Waals surface area contributed by atoms with Crippen molar-refractivity contribution in [3.63, 3.8) is 0 Å². The maximum absolute atomic E-state index is 11.9. The van der Waals surface area contributed by atoms with E-state index in [9.17, 15) is 13.0 Å². The third kappa shape index (κ3) is 16.5. The first kappa shape index (κ1) is 32.8. The van der Waals surface area contributed by atoms with Crippen LogP contribution in [0.3, 0.4) is 0 Å². The molecule has 0 atom stereocenters. The second kappa shape index (κ2) is 21.8. The van der Waals surface area contributed by atoms with Gasteiger partial charge in [0.1, 0.15) is 4.90 Å². The van der Waals surface area contributed by atoms with E-state index >= 15 is 0 Å². The molecule has 0 fully saturated rings. The molecular formula is C30H54O5S. The van der Waals surface area contributed by atoms with Gasteiger partial charge in [0.05, 0.1) is 13.2 Å². The zero-order chi connectivity index (χ0) is 26.3. The number of para-hydroxylation sites is 1. The highest BCUT2D eigenvalue weighted by molar-refractivity contribution is 7.86. The molecule has 0 bridgehead atoms. The molecule has 1 rings (SSSR count). The Balaban J connectivity index is 2.32. The molecule has 0 aliphatic rings. The van der Waals surface area contributed by atoms with Crippen LogP contribution >= 0.6 is 0 Å². The number of unbranched alkanes of at least 4 members (excludes halogenated alkanes) is 18. The Morgan fingerprint density at radius 1 is 0.583 bits per heavy atom. The molecule has 0 unspecified atom stereocenters. The number of benzene rings is 1. The normalized spacial score (nSPS) is 11.6. The zero-order valence-electron chi connectivity index (χ0n) is 23.3. The Morgan fingerprint density at radius 3 is 1.39 bits per heavy atom. The second-order valence-electron chi connectivity index (χ2n) is 10.1. The molecular weight excluding hydrogens is 472 g/mol. The lowest BCUT2D eigenvalue weighted by molar-refractivity contribution is 0.252. The number of hydrogen-bond donors (Lipinski definition) is 1. The van der Waals surface area contributed by atoms with Gasteiger partial charge in [0, 0.05) is 0 Å². The molecule has 0 aliphatic carbocycles. The Bertz CT molecular complexity index is 748. The molecule has 1 aromatic rings. The Kier molecular flexibility index (Phi) is 19.8. The van der Waals surface area contributed by atoms with Crippen LogP contribution in [0.5, 0.6) is 11.5 Å². The van der Waals surface area contributed by atoms with Crippen molar-refractivity contribution in [2.24, 2.45) is 0 Å². The molecule has 0 saturated carbocycles. The van der Waals surface area contributed by atoms with E-state index in [4.69, 9.17) is 9.47 Å². The van der Waals surface area contributed by atoms with E-state index in [1.807, 2.05) is 0 Å². The van der Waals surface area contributed by atoms with Gasteiger partial charge in [-0.1, -0.05) is 135 Å². The van der Waals surface area contributed by atoms with Gasteiger partial charge in [0.25, 0.3) is 10.1 Å². The molecule has 0 radical (unpaired) electrons. The van der Waals surface area contributed by atoms with Crippen LogP contribution in [0.1, 0.15) is 142 Å². The average molecular weight is 527 g/mol. The predicted octanol–water partition coefficient (Wildman–Crippen LogP) is 9.53. The molecule has 0 saturated heterocycles. The van der Waals surface area contributed by atoms with E-state index in [1.54, 1.807) is 12.1 Å². The van der Waals surface area contributed by atoms with E-state index in [0.717, 1.165) is 25.7 Å². The lowest BCUT2D eigenvalue weighted by Gasteiger charge is -2.15. The first-order chi connectivity index (χ1) is 17.5. The Morgan fingerprint density at radius 2 is 0.972 bits per heavy atom. The Labute approximate surface area is 222 Å². The largest absolute Gasteiger partial charge is 0.490 e. The van der Waals surface area contributed by atoms with Gasteiger partial charge in [-0.3, -0.25) is 4.55 Å². The van der Waals surface area contributed by atoms with Gasteiger partial charge in [0.15, 0.2) is 11.5 Å². The van der Waals surface area contributed by atoms with Crippen LogP contribution in [0, 0.1) is 0 Å². The fourth-order valence-corrected chi connectivity index (χ4v) is 5.13. The summed E-state index contributed by atoms with van der Waals surface area (Å²) in [6.07, 6.45) is 24.7. The van der Waals surface area contributed by atoms with Crippen LogP contribution < -0.4 is 9.47 Å². The summed E-state index contributed by atoms with van der Waals surface area (Å²) in [6, 6.07) is 4.68.